The molecule has 2 aliphatic rings. The zero-order valence-corrected chi connectivity index (χ0v) is 13.6. The van der Waals surface area contributed by atoms with E-state index in [1.807, 2.05) is 13.0 Å². The second kappa shape index (κ2) is 5.92. The number of methoxy groups -OCH3 is 1. The van der Waals surface area contributed by atoms with Gasteiger partial charge in [0.05, 0.1) is 20.3 Å². The van der Waals surface area contributed by atoms with Gasteiger partial charge in [-0.2, -0.15) is 0 Å². The molecule has 0 spiro atoms. The molecule has 3 rings (SSSR count). The Bertz CT molecular complexity index is 577. The van der Waals surface area contributed by atoms with E-state index in [-0.39, 0.29) is 5.97 Å². The van der Waals surface area contributed by atoms with E-state index < -0.39 is 5.60 Å². The highest BCUT2D eigenvalue weighted by Gasteiger charge is 2.45. The largest absolute Gasteiger partial charge is 0.496 e. The molecule has 0 bridgehead atoms. The summed E-state index contributed by atoms with van der Waals surface area (Å²) in [6, 6.07) is 4.14. The molecule has 0 saturated heterocycles. The van der Waals surface area contributed by atoms with Crippen LogP contribution in [-0.2, 0) is 26.3 Å². The number of fused-ring (bicyclic) bond motifs is 1. The Balaban J connectivity index is 2.12. The number of benzene rings is 1. The summed E-state index contributed by atoms with van der Waals surface area (Å²) in [7, 11) is 1.64. The lowest BCUT2D eigenvalue weighted by Crippen LogP contribution is -2.42. The Morgan fingerprint density at radius 2 is 2.18 bits per heavy atom. The van der Waals surface area contributed by atoms with E-state index in [1.165, 1.54) is 30.4 Å². The molecule has 120 valence electrons. The van der Waals surface area contributed by atoms with Gasteiger partial charge in [-0.3, -0.25) is 0 Å². The third-order valence-electron chi connectivity index (χ3n) is 4.96. The van der Waals surface area contributed by atoms with Crippen molar-refractivity contribution in [2.24, 2.45) is 0 Å². The number of esters is 1. The second-order valence-electron chi connectivity index (χ2n) is 6.19. The van der Waals surface area contributed by atoms with Gasteiger partial charge in [0.1, 0.15) is 5.75 Å². The fourth-order valence-electron chi connectivity index (χ4n) is 3.57. The number of ether oxygens (including phenoxy) is 3. The standard InChI is InChI=1S/C18H24O4/c1-4-21-17(19)18(2)16-14(10-11-22-18)13(12-6-5-7-12)8-9-15(16)20-3/h8-9,12H,4-7,10-11H2,1-3H3. The predicted octanol–water partition coefficient (Wildman–Crippen LogP) is 3.31. The normalized spacial score (nSPS) is 24.3. The topological polar surface area (TPSA) is 44.8 Å². The van der Waals surface area contributed by atoms with E-state index in [4.69, 9.17) is 14.2 Å². The van der Waals surface area contributed by atoms with E-state index in [0.29, 0.717) is 24.9 Å². The molecule has 1 aromatic rings. The number of carbonyl (C=O) groups is 1. The summed E-state index contributed by atoms with van der Waals surface area (Å²) < 4.78 is 16.7. The molecule has 1 aliphatic carbocycles. The molecular formula is C18H24O4. The molecule has 1 fully saturated rings. The lowest BCUT2D eigenvalue weighted by Gasteiger charge is -2.38. The number of rotatable bonds is 4. The smallest absolute Gasteiger partial charge is 0.342 e. The highest BCUT2D eigenvalue weighted by atomic mass is 16.6. The Morgan fingerprint density at radius 3 is 2.77 bits per heavy atom. The average Bonchev–Trinajstić information content (AvgIpc) is 2.46. The van der Waals surface area contributed by atoms with E-state index in [9.17, 15) is 4.79 Å². The zero-order valence-electron chi connectivity index (χ0n) is 13.6. The van der Waals surface area contributed by atoms with E-state index in [2.05, 4.69) is 6.07 Å². The Labute approximate surface area is 131 Å². The van der Waals surface area contributed by atoms with Gasteiger partial charge >= 0.3 is 5.97 Å². The summed E-state index contributed by atoms with van der Waals surface area (Å²) in [6.45, 7) is 4.50. The molecule has 1 aliphatic heterocycles. The average molecular weight is 304 g/mol. The fraction of sp³-hybridized carbons (Fsp3) is 0.611. The lowest BCUT2D eigenvalue weighted by atomic mass is 9.74. The van der Waals surface area contributed by atoms with Gasteiger partial charge in [0.15, 0.2) is 5.60 Å². The maximum absolute atomic E-state index is 12.5. The van der Waals surface area contributed by atoms with Gasteiger partial charge in [0.2, 0.25) is 0 Å². The van der Waals surface area contributed by atoms with Crippen LogP contribution in [0, 0.1) is 0 Å². The van der Waals surface area contributed by atoms with Crippen molar-refractivity contribution in [3.8, 4) is 5.75 Å². The zero-order chi connectivity index (χ0) is 15.7. The Hall–Kier alpha value is -1.55. The van der Waals surface area contributed by atoms with Crippen molar-refractivity contribution in [1.82, 2.24) is 0 Å². The molecule has 22 heavy (non-hydrogen) atoms. The van der Waals surface area contributed by atoms with Crippen molar-refractivity contribution in [3.63, 3.8) is 0 Å². The predicted molar refractivity (Wildman–Crippen MR) is 83.2 cm³/mol. The summed E-state index contributed by atoms with van der Waals surface area (Å²) in [5, 5.41) is 0. The van der Waals surface area contributed by atoms with Crippen molar-refractivity contribution in [1.29, 1.82) is 0 Å². The molecule has 0 N–H and O–H groups in total. The lowest BCUT2D eigenvalue weighted by molar-refractivity contribution is -0.173. The minimum atomic E-state index is -1.07. The highest BCUT2D eigenvalue weighted by Crippen LogP contribution is 2.46. The summed E-state index contributed by atoms with van der Waals surface area (Å²) in [4.78, 5) is 12.5. The van der Waals surface area contributed by atoms with Gasteiger partial charge in [-0.05, 0) is 56.2 Å². The third kappa shape index (κ3) is 2.30. The van der Waals surface area contributed by atoms with Crippen LogP contribution in [-0.4, -0.2) is 26.3 Å². The summed E-state index contributed by atoms with van der Waals surface area (Å²) in [5.41, 5.74) is 2.38. The summed E-state index contributed by atoms with van der Waals surface area (Å²) >= 11 is 0. The minimum absolute atomic E-state index is 0.333. The molecule has 1 unspecified atom stereocenters. The maximum atomic E-state index is 12.5. The Morgan fingerprint density at radius 1 is 1.41 bits per heavy atom. The molecule has 4 nitrogen and oxygen atoms in total. The van der Waals surface area contributed by atoms with Crippen LogP contribution >= 0.6 is 0 Å². The summed E-state index contributed by atoms with van der Waals surface area (Å²) in [5.74, 6) is 0.998. The van der Waals surface area contributed by atoms with Gasteiger partial charge in [-0.15, -0.1) is 0 Å². The molecule has 1 atom stereocenters. The number of hydrogen-bond acceptors (Lipinski definition) is 4. The van der Waals surface area contributed by atoms with Crippen LogP contribution in [0.15, 0.2) is 12.1 Å². The van der Waals surface area contributed by atoms with Crippen LogP contribution in [0.3, 0.4) is 0 Å². The summed E-state index contributed by atoms with van der Waals surface area (Å²) in [6.07, 6.45) is 4.58. The fourth-order valence-corrected chi connectivity index (χ4v) is 3.57. The molecule has 0 amide bonds. The highest BCUT2D eigenvalue weighted by molar-refractivity contribution is 5.83. The monoisotopic (exact) mass is 304 g/mol. The third-order valence-corrected chi connectivity index (χ3v) is 4.96. The van der Waals surface area contributed by atoms with Gasteiger partial charge in [0.25, 0.3) is 0 Å². The van der Waals surface area contributed by atoms with Crippen LogP contribution in [0.25, 0.3) is 0 Å². The van der Waals surface area contributed by atoms with Crippen molar-refractivity contribution >= 4 is 5.97 Å². The van der Waals surface area contributed by atoms with Crippen LogP contribution in [0.4, 0.5) is 0 Å². The molecular weight excluding hydrogens is 280 g/mol. The second-order valence-corrected chi connectivity index (χ2v) is 6.19. The first-order valence-corrected chi connectivity index (χ1v) is 8.13. The van der Waals surface area contributed by atoms with Crippen molar-refractivity contribution in [2.45, 2.75) is 51.0 Å². The van der Waals surface area contributed by atoms with E-state index in [0.717, 1.165) is 12.0 Å². The van der Waals surface area contributed by atoms with Crippen LogP contribution in [0.5, 0.6) is 5.75 Å². The molecule has 0 radical (unpaired) electrons. The van der Waals surface area contributed by atoms with Crippen LogP contribution in [0.2, 0.25) is 0 Å². The first-order chi connectivity index (χ1) is 10.6. The molecule has 1 heterocycles. The number of hydrogen-bond donors (Lipinski definition) is 0. The van der Waals surface area contributed by atoms with Crippen LogP contribution < -0.4 is 4.74 Å². The van der Waals surface area contributed by atoms with Gasteiger partial charge in [0, 0.05) is 5.56 Å². The quantitative estimate of drug-likeness (QED) is 0.801. The van der Waals surface area contributed by atoms with Crippen LogP contribution in [0.1, 0.15) is 55.7 Å². The van der Waals surface area contributed by atoms with E-state index in [1.54, 1.807) is 14.0 Å². The molecule has 4 heteroatoms. The van der Waals surface area contributed by atoms with Crippen molar-refractivity contribution in [3.05, 3.63) is 28.8 Å². The SMILES string of the molecule is CCOC(=O)C1(C)OCCc2c(C3CCC3)ccc(OC)c21. The van der Waals surface area contributed by atoms with Gasteiger partial charge in [-0.25, -0.2) is 4.79 Å². The first-order valence-electron chi connectivity index (χ1n) is 8.13. The minimum Gasteiger partial charge on any atom is -0.496 e. The van der Waals surface area contributed by atoms with Gasteiger partial charge in [-0.1, -0.05) is 12.5 Å². The van der Waals surface area contributed by atoms with E-state index >= 15 is 0 Å². The molecule has 0 aromatic heterocycles. The molecule has 1 saturated carbocycles. The Kier molecular flexibility index (Phi) is 4.13. The van der Waals surface area contributed by atoms with Crippen molar-refractivity contribution in [2.75, 3.05) is 20.3 Å². The van der Waals surface area contributed by atoms with Crippen molar-refractivity contribution < 1.29 is 19.0 Å². The molecule has 1 aromatic carbocycles. The number of carbonyl (C=O) groups excluding carboxylic acids is 1. The maximum Gasteiger partial charge on any atom is 0.342 e. The van der Waals surface area contributed by atoms with Gasteiger partial charge < -0.3 is 14.2 Å². The first kappa shape index (κ1) is 15.3.